The van der Waals surface area contributed by atoms with Crippen molar-refractivity contribution in [3.63, 3.8) is 0 Å². The minimum Gasteiger partial charge on any atom is -0.477 e. The van der Waals surface area contributed by atoms with Crippen molar-refractivity contribution >= 4 is 11.5 Å². The predicted molar refractivity (Wildman–Crippen MR) is 57.6 cm³/mol. The summed E-state index contributed by atoms with van der Waals surface area (Å²) in [5.74, 6) is -0.852. The molecule has 0 aliphatic heterocycles. The fourth-order valence-corrected chi connectivity index (χ4v) is 1.70. The van der Waals surface area contributed by atoms with Gasteiger partial charge in [0.05, 0.1) is 23.5 Å². The SMILES string of the molecule is O=C(O)c1cnoc1-c1cnn2ccccc12. The summed E-state index contributed by atoms with van der Waals surface area (Å²) < 4.78 is 6.64. The third-order valence-electron chi connectivity index (χ3n) is 2.47. The monoisotopic (exact) mass is 229 g/mol. The van der Waals surface area contributed by atoms with E-state index < -0.39 is 5.97 Å². The molecule has 6 nitrogen and oxygen atoms in total. The van der Waals surface area contributed by atoms with Crippen molar-refractivity contribution in [2.75, 3.05) is 0 Å². The smallest absolute Gasteiger partial charge is 0.341 e. The third-order valence-corrected chi connectivity index (χ3v) is 2.47. The number of carboxylic acid groups (broad SMARTS) is 1. The lowest BCUT2D eigenvalue weighted by atomic mass is 10.1. The number of fused-ring (bicyclic) bond motifs is 1. The van der Waals surface area contributed by atoms with Crippen LogP contribution in [0.4, 0.5) is 0 Å². The van der Waals surface area contributed by atoms with Crippen molar-refractivity contribution in [1.29, 1.82) is 0 Å². The largest absolute Gasteiger partial charge is 0.477 e. The highest BCUT2D eigenvalue weighted by Gasteiger charge is 2.19. The van der Waals surface area contributed by atoms with Gasteiger partial charge in [-0.05, 0) is 12.1 Å². The molecular weight excluding hydrogens is 222 g/mol. The second-order valence-electron chi connectivity index (χ2n) is 3.46. The summed E-state index contributed by atoms with van der Waals surface area (Å²) in [6, 6.07) is 5.51. The van der Waals surface area contributed by atoms with Gasteiger partial charge in [0.15, 0.2) is 5.76 Å². The van der Waals surface area contributed by atoms with E-state index in [9.17, 15) is 4.79 Å². The van der Waals surface area contributed by atoms with Gasteiger partial charge in [-0.3, -0.25) is 0 Å². The maximum absolute atomic E-state index is 11.0. The zero-order valence-corrected chi connectivity index (χ0v) is 8.57. The molecule has 0 radical (unpaired) electrons. The Bertz CT molecular complexity index is 699. The normalized spacial score (nSPS) is 10.8. The van der Waals surface area contributed by atoms with Gasteiger partial charge in [-0.25, -0.2) is 9.31 Å². The number of carbonyl (C=O) groups is 1. The van der Waals surface area contributed by atoms with E-state index in [4.69, 9.17) is 9.63 Å². The van der Waals surface area contributed by atoms with Crippen molar-refractivity contribution in [1.82, 2.24) is 14.8 Å². The average molecular weight is 229 g/mol. The van der Waals surface area contributed by atoms with E-state index in [0.29, 0.717) is 5.56 Å². The number of rotatable bonds is 2. The summed E-state index contributed by atoms with van der Waals surface area (Å²) in [4.78, 5) is 11.0. The van der Waals surface area contributed by atoms with Crippen molar-refractivity contribution in [3.8, 4) is 11.3 Å². The minimum absolute atomic E-state index is 0.0313. The van der Waals surface area contributed by atoms with Crippen molar-refractivity contribution in [2.45, 2.75) is 0 Å². The van der Waals surface area contributed by atoms with Crippen LogP contribution in [0, 0.1) is 0 Å². The first-order valence-electron chi connectivity index (χ1n) is 4.88. The fourth-order valence-electron chi connectivity index (χ4n) is 1.70. The van der Waals surface area contributed by atoms with E-state index in [1.165, 1.54) is 6.20 Å². The molecule has 0 spiro atoms. The molecule has 17 heavy (non-hydrogen) atoms. The summed E-state index contributed by atoms with van der Waals surface area (Å²) in [6.45, 7) is 0. The zero-order chi connectivity index (χ0) is 11.8. The summed E-state index contributed by atoms with van der Waals surface area (Å²) in [5, 5.41) is 16.6. The molecule has 3 aromatic heterocycles. The van der Waals surface area contributed by atoms with Gasteiger partial charge >= 0.3 is 5.97 Å². The molecule has 0 saturated heterocycles. The number of hydrogen-bond acceptors (Lipinski definition) is 4. The molecule has 0 amide bonds. The van der Waals surface area contributed by atoms with E-state index in [-0.39, 0.29) is 11.3 Å². The summed E-state index contributed by atoms with van der Waals surface area (Å²) in [6.07, 6.45) is 4.52. The molecule has 0 atom stereocenters. The molecule has 0 saturated carbocycles. The van der Waals surface area contributed by atoms with Crippen LogP contribution < -0.4 is 0 Å². The van der Waals surface area contributed by atoms with Crippen molar-refractivity contribution < 1.29 is 14.4 Å². The molecule has 0 aliphatic carbocycles. The molecule has 3 rings (SSSR count). The van der Waals surface area contributed by atoms with E-state index >= 15 is 0 Å². The standard InChI is InChI=1S/C11H7N3O3/c15-11(16)8-6-13-17-10(8)7-5-12-14-4-2-1-3-9(7)14/h1-6H,(H,15,16). The average Bonchev–Trinajstić information content (AvgIpc) is 2.94. The molecular formula is C11H7N3O3. The zero-order valence-electron chi connectivity index (χ0n) is 8.57. The lowest BCUT2D eigenvalue weighted by Crippen LogP contribution is -1.95. The Hall–Kier alpha value is -2.63. The van der Waals surface area contributed by atoms with Crippen LogP contribution in [0.1, 0.15) is 10.4 Å². The Labute approximate surface area is 95.1 Å². The lowest BCUT2D eigenvalue weighted by molar-refractivity contribution is 0.0697. The van der Waals surface area contributed by atoms with E-state index in [1.807, 2.05) is 18.2 Å². The van der Waals surface area contributed by atoms with Gasteiger partial charge in [-0.15, -0.1) is 0 Å². The highest BCUT2D eigenvalue weighted by atomic mass is 16.5. The first-order valence-corrected chi connectivity index (χ1v) is 4.88. The Morgan fingerprint density at radius 1 is 1.35 bits per heavy atom. The Morgan fingerprint density at radius 2 is 2.24 bits per heavy atom. The fraction of sp³-hybridized carbons (Fsp3) is 0. The summed E-state index contributed by atoms with van der Waals surface area (Å²) in [5.41, 5.74) is 1.41. The second-order valence-corrected chi connectivity index (χ2v) is 3.46. The van der Waals surface area contributed by atoms with Gasteiger partial charge in [-0.1, -0.05) is 11.2 Å². The summed E-state index contributed by atoms with van der Waals surface area (Å²) >= 11 is 0. The van der Waals surface area contributed by atoms with Crippen LogP contribution in [0.15, 0.2) is 41.3 Å². The van der Waals surface area contributed by atoms with Crippen LogP contribution in [0.2, 0.25) is 0 Å². The maximum atomic E-state index is 11.0. The van der Waals surface area contributed by atoms with Gasteiger partial charge < -0.3 is 9.63 Å². The Balaban J connectivity index is 2.28. The van der Waals surface area contributed by atoms with Gasteiger partial charge in [0, 0.05) is 6.20 Å². The molecule has 0 aromatic carbocycles. The van der Waals surface area contributed by atoms with Crippen molar-refractivity contribution in [2.24, 2.45) is 0 Å². The molecule has 0 bridgehead atoms. The van der Waals surface area contributed by atoms with Crippen LogP contribution in [0.25, 0.3) is 16.8 Å². The second kappa shape index (κ2) is 3.44. The number of pyridine rings is 1. The van der Waals surface area contributed by atoms with Gasteiger partial charge in [0.1, 0.15) is 5.56 Å². The molecule has 0 unspecified atom stereocenters. The van der Waals surface area contributed by atoms with E-state index in [2.05, 4.69) is 10.3 Å². The van der Waals surface area contributed by atoms with Gasteiger partial charge in [0.25, 0.3) is 0 Å². The summed E-state index contributed by atoms with van der Waals surface area (Å²) in [7, 11) is 0. The number of aromatic nitrogens is 3. The molecule has 84 valence electrons. The highest BCUT2D eigenvalue weighted by molar-refractivity contribution is 5.96. The first kappa shape index (κ1) is 9.59. The van der Waals surface area contributed by atoms with Gasteiger partial charge in [0.2, 0.25) is 0 Å². The number of hydrogen-bond donors (Lipinski definition) is 1. The van der Waals surface area contributed by atoms with E-state index in [0.717, 1.165) is 5.52 Å². The number of nitrogens with zero attached hydrogens (tertiary/aromatic N) is 3. The van der Waals surface area contributed by atoms with Crippen molar-refractivity contribution in [3.05, 3.63) is 42.4 Å². The van der Waals surface area contributed by atoms with Gasteiger partial charge in [-0.2, -0.15) is 5.10 Å². The molecule has 0 aliphatic rings. The van der Waals surface area contributed by atoms with Crippen LogP contribution >= 0.6 is 0 Å². The van der Waals surface area contributed by atoms with E-state index in [1.54, 1.807) is 16.9 Å². The molecule has 0 fully saturated rings. The molecule has 6 heteroatoms. The van der Waals surface area contributed by atoms with Crippen LogP contribution in [-0.4, -0.2) is 25.8 Å². The third kappa shape index (κ3) is 1.38. The first-order chi connectivity index (χ1) is 8.27. The Kier molecular flexibility index (Phi) is 1.94. The molecule has 3 aromatic rings. The molecule has 1 N–H and O–H groups in total. The van der Waals surface area contributed by atoms with Crippen LogP contribution in [0.3, 0.4) is 0 Å². The van der Waals surface area contributed by atoms with Crippen LogP contribution in [0.5, 0.6) is 0 Å². The maximum Gasteiger partial charge on any atom is 0.341 e. The minimum atomic E-state index is -1.07. The number of aromatic carboxylic acids is 1. The lowest BCUT2D eigenvalue weighted by Gasteiger charge is -1.95. The van der Waals surface area contributed by atoms with Crippen LogP contribution in [-0.2, 0) is 0 Å². The topological polar surface area (TPSA) is 80.6 Å². The number of carboxylic acids is 1. The predicted octanol–water partition coefficient (Wildman–Crippen LogP) is 1.69. The Morgan fingerprint density at radius 3 is 3.06 bits per heavy atom. The molecule has 3 heterocycles. The highest BCUT2D eigenvalue weighted by Crippen LogP contribution is 2.27. The quantitative estimate of drug-likeness (QED) is 0.723.